The molecule has 0 atom stereocenters. The molecule has 1 aliphatic rings. The highest BCUT2D eigenvalue weighted by Crippen LogP contribution is 2.26. The molecule has 0 N–H and O–H groups in total. The Labute approximate surface area is 138 Å². The molecule has 0 spiro atoms. The fourth-order valence-electron chi connectivity index (χ4n) is 3.23. The number of rotatable bonds is 4. The first-order valence-corrected chi connectivity index (χ1v) is 9.45. The lowest BCUT2D eigenvalue weighted by atomic mass is 9.98. The van der Waals surface area contributed by atoms with Gasteiger partial charge in [0.2, 0.25) is 10.0 Å². The van der Waals surface area contributed by atoms with Gasteiger partial charge in [-0.3, -0.25) is 4.68 Å². The maximum absolute atomic E-state index is 12.9. The third-order valence-corrected chi connectivity index (χ3v) is 6.59. The van der Waals surface area contributed by atoms with Gasteiger partial charge < -0.3 is 0 Å². The molecule has 5 nitrogen and oxygen atoms in total. The Bertz CT molecular complexity index is 761. The Morgan fingerprint density at radius 2 is 1.96 bits per heavy atom. The highest BCUT2D eigenvalue weighted by Gasteiger charge is 2.30. The Hall–Kier alpha value is -1.66. The zero-order valence-corrected chi connectivity index (χ0v) is 14.5. The fourth-order valence-corrected chi connectivity index (χ4v) is 4.91. The van der Waals surface area contributed by atoms with E-state index < -0.39 is 10.0 Å². The summed E-state index contributed by atoms with van der Waals surface area (Å²) in [7, 11) is -3.38. The van der Waals surface area contributed by atoms with Gasteiger partial charge in [0, 0.05) is 32.0 Å². The standard InChI is InChI=1S/C17H23N3O2S/c1-14-4-5-17(15(2)12-14)23(21,22)20-10-6-16(7-11-20)13-19-9-3-8-18-19/h3-5,8-9,12,16H,6-7,10-11,13H2,1-2H3. The van der Waals surface area contributed by atoms with E-state index >= 15 is 0 Å². The van der Waals surface area contributed by atoms with Crippen LogP contribution in [0.1, 0.15) is 24.0 Å². The summed E-state index contributed by atoms with van der Waals surface area (Å²) in [6.45, 7) is 5.88. The Kier molecular flexibility index (Phi) is 4.55. The normalized spacial score (nSPS) is 17.5. The van der Waals surface area contributed by atoms with Gasteiger partial charge in [-0.25, -0.2) is 8.42 Å². The van der Waals surface area contributed by atoms with Crippen LogP contribution in [0, 0.1) is 19.8 Å². The van der Waals surface area contributed by atoms with Crippen LogP contribution < -0.4 is 0 Å². The van der Waals surface area contributed by atoms with Crippen molar-refractivity contribution >= 4 is 10.0 Å². The van der Waals surface area contributed by atoms with Gasteiger partial charge >= 0.3 is 0 Å². The molecule has 1 aliphatic heterocycles. The molecular formula is C17H23N3O2S. The zero-order chi connectivity index (χ0) is 16.4. The lowest BCUT2D eigenvalue weighted by Gasteiger charge is -2.31. The van der Waals surface area contributed by atoms with Crippen molar-refractivity contribution in [2.45, 2.75) is 38.1 Å². The average molecular weight is 333 g/mol. The van der Waals surface area contributed by atoms with E-state index in [2.05, 4.69) is 5.10 Å². The largest absolute Gasteiger partial charge is 0.272 e. The molecule has 1 fully saturated rings. The number of aryl methyl sites for hydroxylation is 2. The Morgan fingerprint density at radius 1 is 1.22 bits per heavy atom. The highest BCUT2D eigenvalue weighted by atomic mass is 32.2. The smallest absolute Gasteiger partial charge is 0.243 e. The van der Waals surface area contributed by atoms with Crippen LogP contribution >= 0.6 is 0 Å². The van der Waals surface area contributed by atoms with Crippen LogP contribution in [0.2, 0.25) is 0 Å². The molecule has 0 radical (unpaired) electrons. The molecule has 0 amide bonds. The first-order chi connectivity index (χ1) is 11.0. The lowest BCUT2D eigenvalue weighted by Crippen LogP contribution is -2.39. The summed E-state index contributed by atoms with van der Waals surface area (Å²) < 4.78 is 29.3. The molecule has 1 saturated heterocycles. The summed E-state index contributed by atoms with van der Waals surface area (Å²) in [5, 5.41) is 4.23. The molecule has 0 aliphatic carbocycles. The van der Waals surface area contributed by atoms with Gasteiger partial charge in [0.05, 0.1) is 4.90 Å². The predicted molar refractivity (Wildman–Crippen MR) is 89.6 cm³/mol. The maximum Gasteiger partial charge on any atom is 0.243 e. The quantitative estimate of drug-likeness (QED) is 0.864. The van der Waals surface area contributed by atoms with Gasteiger partial charge in [-0.15, -0.1) is 0 Å². The molecule has 124 valence electrons. The van der Waals surface area contributed by atoms with Gasteiger partial charge in [-0.05, 0) is 50.3 Å². The number of sulfonamides is 1. The third-order valence-electron chi connectivity index (χ3n) is 4.53. The summed E-state index contributed by atoms with van der Waals surface area (Å²) in [5.41, 5.74) is 1.91. The second-order valence-electron chi connectivity index (χ2n) is 6.34. The van der Waals surface area contributed by atoms with Crippen LogP contribution in [0.25, 0.3) is 0 Å². The van der Waals surface area contributed by atoms with E-state index in [1.165, 1.54) is 0 Å². The summed E-state index contributed by atoms with van der Waals surface area (Å²) in [6, 6.07) is 7.44. The first kappa shape index (κ1) is 16.2. The topological polar surface area (TPSA) is 55.2 Å². The average Bonchev–Trinajstić information content (AvgIpc) is 3.00. The molecule has 3 rings (SSSR count). The van der Waals surface area contributed by atoms with Gasteiger partial charge in [-0.1, -0.05) is 17.7 Å². The molecule has 0 saturated carbocycles. The third kappa shape index (κ3) is 3.48. The van der Waals surface area contributed by atoms with Crippen molar-refractivity contribution in [3.8, 4) is 0 Å². The molecular weight excluding hydrogens is 310 g/mol. The van der Waals surface area contributed by atoms with Crippen molar-refractivity contribution in [3.05, 3.63) is 47.8 Å². The molecule has 1 aromatic heterocycles. The van der Waals surface area contributed by atoms with Gasteiger partial charge in [0.15, 0.2) is 0 Å². The van der Waals surface area contributed by atoms with Crippen LogP contribution in [0.5, 0.6) is 0 Å². The van der Waals surface area contributed by atoms with Gasteiger partial charge in [0.25, 0.3) is 0 Å². The molecule has 0 bridgehead atoms. The summed E-state index contributed by atoms with van der Waals surface area (Å²) in [4.78, 5) is 0.439. The van der Waals surface area contributed by atoms with E-state index in [4.69, 9.17) is 0 Å². The fraction of sp³-hybridized carbons (Fsp3) is 0.471. The second kappa shape index (κ2) is 6.45. The number of piperidine rings is 1. The van der Waals surface area contributed by atoms with E-state index in [0.717, 1.165) is 30.5 Å². The molecule has 6 heteroatoms. The van der Waals surface area contributed by atoms with Crippen LogP contribution in [-0.2, 0) is 16.6 Å². The maximum atomic E-state index is 12.9. The van der Waals surface area contributed by atoms with E-state index in [9.17, 15) is 8.42 Å². The molecule has 2 heterocycles. The lowest BCUT2D eigenvalue weighted by molar-refractivity contribution is 0.247. The van der Waals surface area contributed by atoms with Gasteiger partial charge in [0.1, 0.15) is 0 Å². The second-order valence-corrected chi connectivity index (χ2v) is 8.25. The van der Waals surface area contributed by atoms with Crippen LogP contribution in [0.4, 0.5) is 0 Å². The Balaban J connectivity index is 1.68. The minimum absolute atomic E-state index is 0.439. The van der Waals surface area contributed by atoms with Crippen molar-refractivity contribution in [2.24, 2.45) is 5.92 Å². The van der Waals surface area contributed by atoms with E-state index in [0.29, 0.717) is 23.9 Å². The monoisotopic (exact) mass is 333 g/mol. The number of nitrogens with zero attached hydrogens (tertiary/aromatic N) is 3. The van der Waals surface area contributed by atoms with Crippen LogP contribution in [0.3, 0.4) is 0 Å². The molecule has 23 heavy (non-hydrogen) atoms. The van der Waals surface area contributed by atoms with E-state index in [1.54, 1.807) is 16.6 Å². The number of benzene rings is 1. The predicted octanol–water partition coefficient (Wildman–Crippen LogP) is 2.60. The SMILES string of the molecule is Cc1ccc(S(=O)(=O)N2CCC(Cn3cccn3)CC2)c(C)c1. The van der Waals surface area contributed by atoms with Crippen LogP contribution in [-0.4, -0.2) is 35.6 Å². The summed E-state index contributed by atoms with van der Waals surface area (Å²) in [6.07, 6.45) is 5.49. The van der Waals surface area contributed by atoms with Crippen LogP contribution in [0.15, 0.2) is 41.6 Å². The molecule has 2 aromatic rings. The van der Waals surface area contributed by atoms with Gasteiger partial charge in [-0.2, -0.15) is 9.40 Å². The van der Waals surface area contributed by atoms with E-state index in [1.807, 2.05) is 42.9 Å². The van der Waals surface area contributed by atoms with Crippen molar-refractivity contribution < 1.29 is 8.42 Å². The zero-order valence-electron chi connectivity index (χ0n) is 13.6. The summed E-state index contributed by atoms with van der Waals surface area (Å²) in [5.74, 6) is 0.487. The van der Waals surface area contributed by atoms with Crippen molar-refractivity contribution in [1.82, 2.24) is 14.1 Å². The highest BCUT2D eigenvalue weighted by molar-refractivity contribution is 7.89. The Morgan fingerprint density at radius 3 is 2.57 bits per heavy atom. The van der Waals surface area contributed by atoms with Crippen molar-refractivity contribution in [3.63, 3.8) is 0 Å². The number of aromatic nitrogens is 2. The summed E-state index contributed by atoms with van der Waals surface area (Å²) >= 11 is 0. The number of hydrogen-bond donors (Lipinski definition) is 0. The molecule has 1 aromatic carbocycles. The molecule has 0 unspecified atom stereocenters. The minimum atomic E-state index is -3.38. The van der Waals surface area contributed by atoms with Crippen molar-refractivity contribution in [2.75, 3.05) is 13.1 Å². The van der Waals surface area contributed by atoms with Crippen molar-refractivity contribution in [1.29, 1.82) is 0 Å². The number of hydrogen-bond acceptors (Lipinski definition) is 3. The first-order valence-electron chi connectivity index (χ1n) is 8.01. The van der Waals surface area contributed by atoms with E-state index in [-0.39, 0.29) is 0 Å². The minimum Gasteiger partial charge on any atom is -0.272 e.